The number of nitrogens with zero attached hydrogens (tertiary/aromatic N) is 1. The van der Waals surface area contributed by atoms with E-state index in [1.54, 1.807) is 0 Å². The van der Waals surface area contributed by atoms with Crippen molar-refractivity contribution in [3.8, 4) is 17.6 Å². The van der Waals surface area contributed by atoms with Crippen LogP contribution < -0.4 is 10.1 Å². The molecule has 0 aromatic heterocycles. The van der Waals surface area contributed by atoms with Crippen molar-refractivity contribution in [2.45, 2.75) is 19.4 Å². The van der Waals surface area contributed by atoms with E-state index >= 15 is 0 Å². The van der Waals surface area contributed by atoms with Crippen molar-refractivity contribution in [3.05, 3.63) is 60.2 Å². The Labute approximate surface area is 124 Å². The van der Waals surface area contributed by atoms with Crippen LogP contribution in [0.25, 0.3) is 0 Å². The van der Waals surface area contributed by atoms with Gasteiger partial charge in [0.1, 0.15) is 17.9 Å². The number of carbonyl (C=O) groups excluding carboxylic acids is 1. The Morgan fingerprint density at radius 2 is 1.86 bits per heavy atom. The summed E-state index contributed by atoms with van der Waals surface area (Å²) in [6.45, 7) is 1.86. The first kappa shape index (κ1) is 14.6. The highest BCUT2D eigenvalue weighted by molar-refractivity contribution is 5.78. The van der Waals surface area contributed by atoms with Crippen molar-refractivity contribution < 1.29 is 9.53 Å². The number of hydrogen-bond acceptors (Lipinski definition) is 3. The van der Waals surface area contributed by atoms with Gasteiger partial charge in [0.2, 0.25) is 5.91 Å². The molecule has 4 heteroatoms. The van der Waals surface area contributed by atoms with Gasteiger partial charge < -0.3 is 10.1 Å². The summed E-state index contributed by atoms with van der Waals surface area (Å²) >= 11 is 0. The predicted octanol–water partition coefficient (Wildman–Crippen LogP) is 3.57. The van der Waals surface area contributed by atoms with E-state index in [4.69, 9.17) is 10.00 Å². The Kier molecular flexibility index (Phi) is 4.94. The van der Waals surface area contributed by atoms with Gasteiger partial charge in [0.15, 0.2) is 0 Å². The third-order valence-electron chi connectivity index (χ3n) is 2.97. The van der Waals surface area contributed by atoms with Gasteiger partial charge in [0.05, 0.1) is 12.1 Å². The molecule has 0 aliphatic heterocycles. The number of benzene rings is 2. The number of amides is 1. The maximum Gasteiger partial charge on any atom is 0.234 e. The van der Waals surface area contributed by atoms with Crippen LogP contribution in [0.5, 0.6) is 11.5 Å². The monoisotopic (exact) mass is 280 g/mol. The quantitative estimate of drug-likeness (QED) is 0.910. The van der Waals surface area contributed by atoms with Gasteiger partial charge in [0.25, 0.3) is 0 Å². The Bertz CT molecular complexity index is 647. The molecule has 0 saturated heterocycles. The first-order chi connectivity index (χ1) is 10.2. The van der Waals surface area contributed by atoms with Gasteiger partial charge >= 0.3 is 0 Å². The number of rotatable bonds is 5. The molecule has 0 radical (unpaired) electrons. The predicted molar refractivity (Wildman–Crippen MR) is 79.7 cm³/mol. The SMILES string of the molecule is C[C@@H](NC(=O)CC#N)c1ccccc1Oc1ccccc1. The van der Waals surface area contributed by atoms with Gasteiger partial charge in [0, 0.05) is 5.56 Å². The van der Waals surface area contributed by atoms with E-state index < -0.39 is 0 Å². The maximum atomic E-state index is 11.5. The standard InChI is InChI=1S/C17H16N2O2/c1-13(19-17(20)11-12-18)15-9-5-6-10-16(15)21-14-7-3-2-4-8-14/h2-10,13H,11H2,1H3,(H,19,20)/t13-/m1/s1. The third-order valence-corrected chi connectivity index (χ3v) is 2.97. The van der Waals surface area contributed by atoms with Crippen molar-refractivity contribution in [3.63, 3.8) is 0 Å². The van der Waals surface area contributed by atoms with Crippen LogP contribution in [0.3, 0.4) is 0 Å². The van der Waals surface area contributed by atoms with Crippen LogP contribution in [-0.4, -0.2) is 5.91 Å². The fraction of sp³-hybridized carbons (Fsp3) is 0.176. The number of para-hydroxylation sites is 2. The summed E-state index contributed by atoms with van der Waals surface area (Å²) in [5, 5.41) is 11.3. The number of hydrogen-bond donors (Lipinski definition) is 1. The molecule has 0 fully saturated rings. The lowest BCUT2D eigenvalue weighted by Crippen LogP contribution is -2.26. The Morgan fingerprint density at radius 3 is 2.57 bits per heavy atom. The minimum absolute atomic E-state index is 0.147. The highest BCUT2D eigenvalue weighted by Crippen LogP contribution is 2.29. The van der Waals surface area contributed by atoms with Crippen molar-refractivity contribution in [1.29, 1.82) is 5.26 Å². The zero-order valence-corrected chi connectivity index (χ0v) is 11.7. The number of nitrogens with one attached hydrogen (secondary N) is 1. The Balaban J connectivity index is 2.17. The highest BCUT2D eigenvalue weighted by atomic mass is 16.5. The van der Waals surface area contributed by atoms with Crippen LogP contribution in [0, 0.1) is 11.3 Å². The van der Waals surface area contributed by atoms with Gasteiger partial charge in [-0.2, -0.15) is 5.26 Å². The first-order valence-corrected chi connectivity index (χ1v) is 6.69. The molecule has 0 unspecified atom stereocenters. The molecule has 2 rings (SSSR count). The minimum atomic E-state index is -0.292. The number of nitriles is 1. The molecule has 1 N–H and O–H groups in total. The average Bonchev–Trinajstić information content (AvgIpc) is 2.49. The van der Waals surface area contributed by atoms with Crippen LogP contribution >= 0.6 is 0 Å². The Hall–Kier alpha value is -2.80. The molecule has 0 heterocycles. The molecular formula is C17H16N2O2. The zero-order chi connectivity index (χ0) is 15.1. The van der Waals surface area contributed by atoms with Crippen LogP contribution in [0.15, 0.2) is 54.6 Å². The molecule has 2 aromatic rings. The lowest BCUT2D eigenvalue weighted by atomic mass is 10.1. The average molecular weight is 280 g/mol. The molecule has 0 aliphatic carbocycles. The summed E-state index contributed by atoms with van der Waals surface area (Å²) < 4.78 is 5.86. The minimum Gasteiger partial charge on any atom is -0.457 e. The van der Waals surface area contributed by atoms with Crippen LogP contribution in [0.4, 0.5) is 0 Å². The van der Waals surface area contributed by atoms with Crippen LogP contribution in [0.2, 0.25) is 0 Å². The topological polar surface area (TPSA) is 62.1 Å². The maximum absolute atomic E-state index is 11.5. The van der Waals surface area contributed by atoms with Crippen molar-refractivity contribution in [1.82, 2.24) is 5.32 Å². The van der Waals surface area contributed by atoms with Gasteiger partial charge in [-0.1, -0.05) is 36.4 Å². The summed E-state index contributed by atoms with van der Waals surface area (Å²) in [7, 11) is 0. The molecule has 106 valence electrons. The summed E-state index contributed by atoms with van der Waals surface area (Å²) in [6, 6.07) is 18.6. The molecule has 0 spiro atoms. The van der Waals surface area contributed by atoms with Gasteiger partial charge in [-0.3, -0.25) is 4.79 Å². The third kappa shape index (κ3) is 4.08. The summed E-state index contributed by atoms with van der Waals surface area (Å²) in [4.78, 5) is 11.5. The van der Waals surface area contributed by atoms with E-state index in [2.05, 4.69) is 5.32 Å². The fourth-order valence-corrected chi connectivity index (χ4v) is 1.99. The van der Waals surface area contributed by atoms with Gasteiger partial charge in [-0.25, -0.2) is 0 Å². The van der Waals surface area contributed by atoms with E-state index in [0.717, 1.165) is 11.3 Å². The molecule has 4 nitrogen and oxygen atoms in total. The van der Waals surface area contributed by atoms with Crippen molar-refractivity contribution in [2.75, 3.05) is 0 Å². The van der Waals surface area contributed by atoms with E-state index in [-0.39, 0.29) is 18.4 Å². The lowest BCUT2D eigenvalue weighted by Gasteiger charge is -2.17. The Morgan fingerprint density at radius 1 is 1.19 bits per heavy atom. The largest absolute Gasteiger partial charge is 0.457 e. The van der Waals surface area contributed by atoms with Crippen LogP contribution in [0.1, 0.15) is 24.9 Å². The summed E-state index contributed by atoms with van der Waals surface area (Å²) in [5.74, 6) is 1.13. The van der Waals surface area contributed by atoms with Crippen molar-refractivity contribution >= 4 is 5.91 Å². The smallest absolute Gasteiger partial charge is 0.234 e. The van der Waals surface area contributed by atoms with Gasteiger partial charge in [-0.15, -0.1) is 0 Å². The van der Waals surface area contributed by atoms with Crippen LogP contribution in [-0.2, 0) is 4.79 Å². The van der Waals surface area contributed by atoms with E-state index in [1.807, 2.05) is 67.6 Å². The zero-order valence-electron chi connectivity index (χ0n) is 11.7. The molecule has 0 bridgehead atoms. The molecule has 1 atom stereocenters. The lowest BCUT2D eigenvalue weighted by molar-refractivity contribution is -0.120. The van der Waals surface area contributed by atoms with Gasteiger partial charge in [-0.05, 0) is 25.1 Å². The summed E-state index contributed by atoms with van der Waals surface area (Å²) in [6.07, 6.45) is -0.147. The molecule has 2 aromatic carbocycles. The molecule has 0 saturated carbocycles. The summed E-state index contributed by atoms with van der Waals surface area (Å²) in [5.41, 5.74) is 0.868. The van der Waals surface area contributed by atoms with Crippen molar-refractivity contribution in [2.24, 2.45) is 0 Å². The second-order valence-corrected chi connectivity index (χ2v) is 4.58. The van der Waals surface area contributed by atoms with E-state index in [9.17, 15) is 4.79 Å². The first-order valence-electron chi connectivity index (χ1n) is 6.69. The molecule has 0 aliphatic rings. The second-order valence-electron chi connectivity index (χ2n) is 4.58. The fourth-order valence-electron chi connectivity index (χ4n) is 1.99. The molecule has 21 heavy (non-hydrogen) atoms. The number of carbonyl (C=O) groups is 1. The van der Waals surface area contributed by atoms with E-state index in [1.165, 1.54) is 0 Å². The molecular weight excluding hydrogens is 264 g/mol. The molecule has 1 amide bonds. The highest BCUT2D eigenvalue weighted by Gasteiger charge is 2.14. The number of ether oxygens (including phenoxy) is 1. The van der Waals surface area contributed by atoms with E-state index in [0.29, 0.717) is 5.75 Å². The normalized spacial score (nSPS) is 11.2. The second kappa shape index (κ2) is 7.11.